The molecule has 0 amide bonds. The minimum absolute atomic E-state index is 0.627. The summed E-state index contributed by atoms with van der Waals surface area (Å²) >= 11 is 3.51. The molecule has 1 aromatic carbocycles. The molecule has 1 atom stereocenters. The minimum atomic E-state index is 0.627. The van der Waals surface area contributed by atoms with Gasteiger partial charge in [-0.15, -0.1) is 0 Å². The first kappa shape index (κ1) is 14.7. The van der Waals surface area contributed by atoms with Crippen LogP contribution < -0.4 is 5.32 Å². The van der Waals surface area contributed by atoms with Crippen LogP contribution in [0.3, 0.4) is 0 Å². The molecule has 1 N–H and O–H groups in total. The molecule has 0 fully saturated rings. The molecule has 0 radical (unpaired) electrons. The molecular formula is C14H23BrN2. The average Bonchev–Trinajstić information content (AvgIpc) is 2.29. The van der Waals surface area contributed by atoms with Gasteiger partial charge in [0, 0.05) is 17.1 Å². The zero-order chi connectivity index (χ0) is 12.7. The number of nitrogens with one attached hydrogen (secondary N) is 1. The zero-order valence-corrected chi connectivity index (χ0v) is 12.6. The molecule has 0 aliphatic heterocycles. The van der Waals surface area contributed by atoms with Crippen LogP contribution in [-0.4, -0.2) is 31.6 Å². The highest BCUT2D eigenvalue weighted by molar-refractivity contribution is 9.10. The fraction of sp³-hybridized carbons (Fsp3) is 0.571. The Hall–Kier alpha value is -0.380. The number of rotatable bonds is 7. The Labute approximate surface area is 114 Å². The maximum Gasteiger partial charge on any atom is 0.0233 e. The number of hydrogen-bond acceptors (Lipinski definition) is 2. The normalized spacial score (nSPS) is 13.0. The number of nitrogens with zero attached hydrogens (tertiary/aromatic N) is 1. The van der Waals surface area contributed by atoms with Crippen LogP contribution in [0.5, 0.6) is 0 Å². The largest absolute Gasteiger partial charge is 0.320 e. The van der Waals surface area contributed by atoms with Gasteiger partial charge < -0.3 is 5.32 Å². The molecule has 0 aromatic heterocycles. The molecule has 0 saturated heterocycles. The second-order valence-corrected chi connectivity index (χ2v) is 5.56. The lowest BCUT2D eigenvalue weighted by molar-refractivity contribution is 0.234. The van der Waals surface area contributed by atoms with Crippen LogP contribution in [0.1, 0.15) is 25.3 Å². The van der Waals surface area contributed by atoms with E-state index in [0.29, 0.717) is 6.04 Å². The summed E-state index contributed by atoms with van der Waals surface area (Å²) < 4.78 is 1.16. The van der Waals surface area contributed by atoms with Gasteiger partial charge in [0.15, 0.2) is 0 Å². The van der Waals surface area contributed by atoms with Crippen molar-refractivity contribution in [2.75, 3.05) is 20.6 Å². The first-order chi connectivity index (χ1) is 8.13. The lowest BCUT2D eigenvalue weighted by atomic mass is 10.1. The minimum Gasteiger partial charge on any atom is -0.320 e. The van der Waals surface area contributed by atoms with Crippen LogP contribution in [0, 0.1) is 0 Å². The third-order valence-corrected chi connectivity index (χ3v) is 3.62. The highest BCUT2D eigenvalue weighted by atomic mass is 79.9. The molecule has 0 aliphatic carbocycles. The Bertz CT molecular complexity index is 328. The Kier molecular flexibility index (Phi) is 6.78. The third kappa shape index (κ3) is 5.66. The van der Waals surface area contributed by atoms with E-state index in [2.05, 4.69) is 64.4 Å². The molecule has 0 aliphatic rings. The predicted molar refractivity (Wildman–Crippen MR) is 78.2 cm³/mol. The third-order valence-electron chi connectivity index (χ3n) is 3.12. The molecule has 1 aromatic rings. The molecule has 0 bridgehead atoms. The van der Waals surface area contributed by atoms with Crippen LogP contribution in [0.2, 0.25) is 0 Å². The zero-order valence-electron chi connectivity index (χ0n) is 11.0. The number of halogens is 1. The van der Waals surface area contributed by atoms with Crippen molar-refractivity contribution in [2.45, 2.75) is 32.4 Å². The van der Waals surface area contributed by atoms with Gasteiger partial charge in [0.2, 0.25) is 0 Å². The summed E-state index contributed by atoms with van der Waals surface area (Å²) in [5, 5.41) is 3.19. The van der Waals surface area contributed by atoms with Crippen molar-refractivity contribution in [3.8, 4) is 0 Å². The van der Waals surface area contributed by atoms with Crippen LogP contribution in [0.25, 0.3) is 0 Å². The van der Waals surface area contributed by atoms with Crippen LogP contribution in [0.4, 0.5) is 0 Å². The van der Waals surface area contributed by atoms with Gasteiger partial charge in [-0.3, -0.25) is 4.90 Å². The van der Waals surface area contributed by atoms with E-state index in [1.54, 1.807) is 0 Å². The summed E-state index contributed by atoms with van der Waals surface area (Å²) in [7, 11) is 4.21. The van der Waals surface area contributed by atoms with Crippen molar-refractivity contribution in [1.82, 2.24) is 10.2 Å². The fourth-order valence-electron chi connectivity index (χ4n) is 1.87. The Morgan fingerprint density at radius 1 is 1.41 bits per heavy atom. The molecular weight excluding hydrogens is 276 g/mol. The predicted octanol–water partition coefficient (Wildman–Crippen LogP) is 3.27. The van der Waals surface area contributed by atoms with Gasteiger partial charge in [-0.1, -0.05) is 28.1 Å². The van der Waals surface area contributed by atoms with Gasteiger partial charge in [0.25, 0.3) is 0 Å². The van der Waals surface area contributed by atoms with Crippen molar-refractivity contribution >= 4 is 15.9 Å². The van der Waals surface area contributed by atoms with Gasteiger partial charge >= 0.3 is 0 Å². The SMILES string of the molecule is CNCCCC(C)N(C)Cc1cccc(Br)c1. The van der Waals surface area contributed by atoms with Gasteiger partial charge in [0.1, 0.15) is 0 Å². The Morgan fingerprint density at radius 2 is 2.18 bits per heavy atom. The smallest absolute Gasteiger partial charge is 0.0233 e. The van der Waals surface area contributed by atoms with E-state index in [4.69, 9.17) is 0 Å². The van der Waals surface area contributed by atoms with Crippen molar-refractivity contribution in [3.05, 3.63) is 34.3 Å². The molecule has 1 unspecified atom stereocenters. The molecule has 1 rings (SSSR count). The maximum absolute atomic E-state index is 3.51. The van der Waals surface area contributed by atoms with E-state index in [-0.39, 0.29) is 0 Å². The van der Waals surface area contributed by atoms with E-state index in [1.165, 1.54) is 18.4 Å². The number of benzene rings is 1. The Balaban J connectivity index is 2.39. The topological polar surface area (TPSA) is 15.3 Å². The van der Waals surface area contributed by atoms with E-state index in [1.807, 2.05) is 7.05 Å². The molecule has 3 heteroatoms. The lowest BCUT2D eigenvalue weighted by Gasteiger charge is -2.24. The second kappa shape index (κ2) is 7.85. The van der Waals surface area contributed by atoms with Crippen LogP contribution >= 0.6 is 15.9 Å². The van der Waals surface area contributed by atoms with Crippen molar-refractivity contribution in [2.24, 2.45) is 0 Å². The van der Waals surface area contributed by atoms with Crippen LogP contribution in [0.15, 0.2) is 28.7 Å². The highest BCUT2D eigenvalue weighted by Crippen LogP contribution is 2.14. The van der Waals surface area contributed by atoms with Gasteiger partial charge in [-0.05, 0) is 58.1 Å². The highest BCUT2D eigenvalue weighted by Gasteiger charge is 2.09. The van der Waals surface area contributed by atoms with E-state index in [9.17, 15) is 0 Å². The van der Waals surface area contributed by atoms with Gasteiger partial charge in [-0.2, -0.15) is 0 Å². The molecule has 17 heavy (non-hydrogen) atoms. The summed E-state index contributed by atoms with van der Waals surface area (Å²) in [5.41, 5.74) is 1.36. The second-order valence-electron chi connectivity index (χ2n) is 4.64. The summed E-state index contributed by atoms with van der Waals surface area (Å²) in [5.74, 6) is 0. The molecule has 0 saturated carbocycles. The maximum atomic E-state index is 3.51. The number of hydrogen-bond donors (Lipinski definition) is 1. The van der Waals surface area contributed by atoms with Crippen molar-refractivity contribution < 1.29 is 0 Å². The van der Waals surface area contributed by atoms with Crippen LogP contribution in [-0.2, 0) is 6.54 Å². The summed E-state index contributed by atoms with van der Waals surface area (Å²) in [6, 6.07) is 9.17. The average molecular weight is 299 g/mol. The Morgan fingerprint density at radius 3 is 2.82 bits per heavy atom. The first-order valence-electron chi connectivity index (χ1n) is 6.22. The van der Waals surface area contributed by atoms with Crippen molar-refractivity contribution in [3.63, 3.8) is 0 Å². The monoisotopic (exact) mass is 298 g/mol. The van der Waals surface area contributed by atoms with E-state index in [0.717, 1.165) is 17.6 Å². The lowest BCUT2D eigenvalue weighted by Crippen LogP contribution is -2.29. The molecule has 0 heterocycles. The van der Waals surface area contributed by atoms with Crippen molar-refractivity contribution in [1.29, 1.82) is 0 Å². The fourth-order valence-corrected chi connectivity index (χ4v) is 2.32. The molecule has 0 spiro atoms. The van der Waals surface area contributed by atoms with Gasteiger partial charge in [0.05, 0.1) is 0 Å². The molecule has 2 nitrogen and oxygen atoms in total. The van der Waals surface area contributed by atoms with Gasteiger partial charge in [-0.25, -0.2) is 0 Å². The summed E-state index contributed by atoms with van der Waals surface area (Å²) in [6.45, 7) is 4.42. The standard InChI is InChI=1S/C14H23BrN2/c1-12(6-5-9-16-2)17(3)11-13-7-4-8-14(15)10-13/h4,7-8,10,12,16H,5-6,9,11H2,1-3H3. The summed E-state index contributed by atoms with van der Waals surface area (Å²) in [4.78, 5) is 2.41. The van der Waals surface area contributed by atoms with E-state index >= 15 is 0 Å². The quantitative estimate of drug-likeness (QED) is 0.777. The molecule has 96 valence electrons. The first-order valence-corrected chi connectivity index (χ1v) is 7.02. The summed E-state index contributed by atoms with van der Waals surface area (Å²) in [6.07, 6.45) is 2.48. The van der Waals surface area contributed by atoms with E-state index < -0.39 is 0 Å².